The summed E-state index contributed by atoms with van der Waals surface area (Å²) in [4.78, 5) is 3.98. The second-order valence-electron chi connectivity index (χ2n) is 7.13. The van der Waals surface area contributed by atoms with Crippen LogP contribution in [0.2, 0.25) is 0 Å². The average molecular weight is 327 g/mol. The number of rotatable bonds is 5. The van der Waals surface area contributed by atoms with E-state index >= 15 is 0 Å². The maximum atomic E-state index is 9.53. The quantitative estimate of drug-likeness (QED) is 0.899. The fourth-order valence-electron chi connectivity index (χ4n) is 4.04. The second kappa shape index (κ2) is 6.83. The van der Waals surface area contributed by atoms with E-state index in [9.17, 15) is 5.11 Å². The second-order valence-corrected chi connectivity index (χ2v) is 7.13. The number of nitrogens with zero attached hydrogens (tertiary/aromatic N) is 3. The first-order valence-electron chi connectivity index (χ1n) is 9.11. The van der Waals surface area contributed by atoms with Gasteiger partial charge in [0.1, 0.15) is 11.5 Å². The van der Waals surface area contributed by atoms with Crippen molar-refractivity contribution in [3.8, 4) is 11.5 Å². The number of aromatic hydroxyl groups is 1. The fourth-order valence-corrected chi connectivity index (χ4v) is 4.04. The summed E-state index contributed by atoms with van der Waals surface area (Å²) in [5.74, 6) is 1.81. The molecule has 4 rings (SSSR count). The van der Waals surface area contributed by atoms with Crippen molar-refractivity contribution in [2.75, 3.05) is 6.61 Å². The molecule has 0 aliphatic heterocycles. The van der Waals surface area contributed by atoms with Crippen molar-refractivity contribution in [1.82, 2.24) is 14.8 Å². The van der Waals surface area contributed by atoms with E-state index in [1.807, 2.05) is 6.20 Å². The zero-order chi connectivity index (χ0) is 16.4. The molecule has 2 saturated carbocycles. The van der Waals surface area contributed by atoms with E-state index in [-0.39, 0.29) is 5.75 Å². The summed E-state index contributed by atoms with van der Waals surface area (Å²) in [5.41, 5.74) is 1.39. The van der Waals surface area contributed by atoms with Crippen molar-refractivity contribution >= 4 is 0 Å². The van der Waals surface area contributed by atoms with Crippen LogP contribution in [0.15, 0.2) is 30.7 Å². The van der Waals surface area contributed by atoms with Crippen molar-refractivity contribution in [3.05, 3.63) is 36.4 Å². The lowest BCUT2D eigenvalue weighted by atomic mass is 9.77. The largest absolute Gasteiger partial charge is 0.506 e. The average Bonchev–Trinajstić information content (AvgIpc) is 3.00. The monoisotopic (exact) mass is 327 g/mol. The summed E-state index contributed by atoms with van der Waals surface area (Å²) in [6.45, 7) is 0.672. The third-order valence-electron chi connectivity index (χ3n) is 5.57. The van der Waals surface area contributed by atoms with Crippen LogP contribution in [0.25, 0.3) is 0 Å². The molecule has 0 saturated heterocycles. The van der Waals surface area contributed by atoms with Gasteiger partial charge in [0.2, 0.25) is 0 Å². The van der Waals surface area contributed by atoms with Crippen molar-refractivity contribution in [1.29, 1.82) is 0 Å². The first-order valence-corrected chi connectivity index (χ1v) is 9.11. The Morgan fingerprint density at radius 1 is 1.12 bits per heavy atom. The molecule has 24 heavy (non-hydrogen) atoms. The first kappa shape index (κ1) is 15.5. The van der Waals surface area contributed by atoms with Gasteiger partial charge in [0.15, 0.2) is 0 Å². The lowest BCUT2D eigenvalue weighted by molar-refractivity contribution is 0.175. The molecule has 0 aromatic carbocycles. The van der Waals surface area contributed by atoms with Gasteiger partial charge in [-0.2, -0.15) is 5.10 Å². The topological polar surface area (TPSA) is 60.2 Å². The maximum Gasteiger partial charge on any atom is 0.141 e. The standard InChI is InChI=1S/C19H25N3O2/c23-16-10-17(12-20-11-16)24-13-14-4-1-2-7-18(14)19-8-9-21-22(19)15-5-3-6-15/h8-12,14-15,18,23H,1-7,13H2. The molecular weight excluding hydrogens is 302 g/mol. The molecule has 5 heteroatoms. The fraction of sp³-hybridized carbons (Fsp3) is 0.579. The maximum absolute atomic E-state index is 9.53. The number of hydrogen-bond donors (Lipinski definition) is 1. The predicted molar refractivity (Wildman–Crippen MR) is 91.2 cm³/mol. The van der Waals surface area contributed by atoms with Crippen LogP contribution in [-0.2, 0) is 0 Å². The number of pyridine rings is 1. The Balaban J connectivity index is 1.48. The Morgan fingerprint density at radius 3 is 2.79 bits per heavy atom. The molecule has 2 aromatic heterocycles. The van der Waals surface area contributed by atoms with Gasteiger partial charge < -0.3 is 9.84 Å². The van der Waals surface area contributed by atoms with Gasteiger partial charge >= 0.3 is 0 Å². The molecular formula is C19H25N3O2. The molecule has 5 nitrogen and oxygen atoms in total. The minimum Gasteiger partial charge on any atom is -0.506 e. The molecule has 2 fully saturated rings. The number of hydrogen-bond acceptors (Lipinski definition) is 4. The van der Waals surface area contributed by atoms with Crippen LogP contribution in [0.4, 0.5) is 0 Å². The van der Waals surface area contributed by atoms with E-state index in [4.69, 9.17) is 4.74 Å². The molecule has 128 valence electrons. The van der Waals surface area contributed by atoms with Gasteiger partial charge in [0.05, 0.1) is 25.0 Å². The lowest BCUT2D eigenvalue weighted by Gasteiger charge is -2.35. The normalized spacial score (nSPS) is 24.5. The number of aromatic nitrogens is 3. The van der Waals surface area contributed by atoms with Gasteiger partial charge in [-0.15, -0.1) is 0 Å². The van der Waals surface area contributed by atoms with E-state index in [0.29, 0.717) is 30.2 Å². The Bertz CT molecular complexity index is 681. The molecule has 2 atom stereocenters. The minimum atomic E-state index is 0.149. The molecule has 2 aliphatic carbocycles. The van der Waals surface area contributed by atoms with Gasteiger partial charge in [0, 0.05) is 29.8 Å². The SMILES string of the molecule is Oc1cncc(OCC2CCCCC2c2ccnn2C2CCC2)c1. The summed E-state index contributed by atoms with van der Waals surface area (Å²) in [6, 6.07) is 4.44. The van der Waals surface area contributed by atoms with Crippen LogP contribution < -0.4 is 4.74 Å². The Morgan fingerprint density at radius 2 is 2.00 bits per heavy atom. The molecule has 2 heterocycles. The predicted octanol–water partition coefficient (Wildman–Crippen LogP) is 4.06. The third-order valence-corrected chi connectivity index (χ3v) is 5.57. The summed E-state index contributed by atoms with van der Waals surface area (Å²) < 4.78 is 8.22. The molecule has 2 aliphatic rings. The van der Waals surface area contributed by atoms with E-state index in [1.54, 1.807) is 12.3 Å². The zero-order valence-corrected chi connectivity index (χ0v) is 14.0. The summed E-state index contributed by atoms with van der Waals surface area (Å²) in [5, 5.41) is 14.1. The highest BCUT2D eigenvalue weighted by Crippen LogP contribution is 2.41. The van der Waals surface area contributed by atoms with E-state index < -0.39 is 0 Å². The zero-order valence-electron chi connectivity index (χ0n) is 14.0. The van der Waals surface area contributed by atoms with Crippen molar-refractivity contribution in [2.24, 2.45) is 5.92 Å². The van der Waals surface area contributed by atoms with Gasteiger partial charge in [-0.1, -0.05) is 12.8 Å². The lowest BCUT2D eigenvalue weighted by Crippen LogP contribution is -2.28. The smallest absolute Gasteiger partial charge is 0.141 e. The van der Waals surface area contributed by atoms with Crippen LogP contribution in [0, 0.1) is 5.92 Å². The van der Waals surface area contributed by atoms with E-state index in [1.165, 1.54) is 56.8 Å². The highest BCUT2D eigenvalue weighted by molar-refractivity contribution is 5.27. The van der Waals surface area contributed by atoms with Gasteiger partial charge in [-0.3, -0.25) is 9.67 Å². The van der Waals surface area contributed by atoms with Crippen LogP contribution in [0.1, 0.15) is 62.6 Å². The Labute approximate surface area is 142 Å². The molecule has 1 N–H and O–H groups in total. The summed E-state index contributed by atoms with van der Waals surface area (Å²) >= 11 is 0. The first-order chi connectivity index (χ1) is 11.8. The van der Waals surface area contributed by atoms with Gasteiger partial charge in [0.25, 0.3) is 0 Å². The summed E-state index contributed by atoms with van der Waals surface area (Å²) in [6.07, 6.45) is 13.8. The van der Waals surface area contributed by atoms with Crippen molar-refractivity contribution < 1.29 is 9.84 Å². The minimum absolute atomic E-state index is 0.149. The van der Waals surface area contributed by atoms with Crippen LogP contribution in [0.3, 0.4) is 0 Å². The summed E-state index contributed by atoms with van der Waals surface area (Å²) in [7, 11) is 0. The van der Waals surface area contributed by atoms with Crippen molar-refractivity contribution in [3.63, 3.8) is 0 Å². The molecule has 0 spiro atoms. The number of ether oxygens (including phenoxy) is 1. The van der Waals surface area contributed by atoms with E-state index in [0.717, 1.165) is 0 Å². The molecule has 2 unspecified atom stereocenters. The Kier molecular flexibility index (Phi) is 4.41. The van der Waals surface area contributed by atoms with Crippen LogP contribution in [0.5, 0.6) is 11.5 Å². The molecule has 0 amide bonds. The molecule has 2 aromatic rings. The van der Waals surface area contributed by atoms with Crippen molar-refractivity contribution in [2.45, 2.75) is 56.9 Å². The third kappa shape index (κ3) is 3.12. The molecule has 0 radical (unpaired) electrons. The van der Waals surface area contributed by atoms with Gasteiger partial charge in [-0.25, -0.2) is 0 Å². The van der Waals surface area contributed by atoms with Crippen LogP contribution >= 0.6 is 0 Å². The Hall–Kier alpha value is -2.04. The van der Waals surface area contributed by atoms with Gasteiger partial charge in [-0.05, 0) is 38.2 Å². The highest BCUT2D eigenvalue weighted by Gasteiger charge is 2.32. The van der Waals surface area contributed by atoms with E-state index in [2.05, 4.69) is 20.8 Å². The van der Waals surface area contributed by atoms with Crippen LogP contribution in [-0.4, -0.2) is 26.5 Å². The highest BCUT2D eigenvalue weighted by atomic mass is 16.5. The molecule has 0 bridgehead atoms.